The molecule has 0 spiro atoms. The van der Waals surface area contributed by atoms with E-state index in [1.807, 2.05) is 12.1 Å². The normalized spacial score (nSPS) is 16.9. The van der Waals surface area contributed by atoms with Crippen molar-refractivity contribution in [3.8, 4) is 11.5 Å². The summed E-state index contributed by atoms with van der Waals surface area (Å²) in [6, 6.07) is 3.71. The van der Waals surface area contributed by atoms with Crippen LogP contribution in [0, 0.1) is 0 Å². The number of phenols is 1. The monoisotopic (exact) mass is 326 g/mol. The SMILES string of the molecule is COc1cc(C=CCN2CCNCC2)cc(Br)c1O. The zero-order valence-corrected chi connectivity index (χ0v) is 12.6. The van der Waals surface area contributed by atoms with E-state index in [-0.39, 0.29) is 5.75 Å². The fourth-order valence-electron chi connectivity index (χ4n) is 2.08. The second-order valence-corrected chi connectivity index (χ2v) is 5.36. The molecule has 0 amide bonds. The first kappa shape index (κ1) is 14.4. The van der Waals surface area contributed by atoms with Crippen LogP contribution in [0.2, 0.25) is 0 Å². The quantitative estimate of drug-likeness (QED) is 0.889. The highest BCUT2D eigenvalue weighted by Crippen LogP contribution is 2.35. The van der Waals surface area contributed by atoms with Crippen LogP contribution in [0.15, 0.2) is 22.7 Å². The summed E-state index contributed by atoms with van der Waals surface area (Å²) in [7, 11) is 1.55. The maximum Gasteiger partial charge on any atom is 0.172 e. The van der Waals surface area contributed by atoms with Crippen molar-refractivity contribution in [3.05, 3.63) is 28.2 Å². The first-order valence-corrected chi connectivity index (χ1v) is 7.16. The van der Waals surface area contributed by atoms with E-state index in [2.05, 4.69) is 38.3 Å². The van der Waals surface area contributed by atoms with E-state index in [1.54, 1.807) is 7.11 Å². The third-order valence-electron chi connectivity index (χ3n) is 3.15. The molecule has 4 nitrogen and oxygen atoms in total. The largest absolute Gasteiger partial charge is 0.503 e. The molecule has 1 aliphatic heterocycles. The van der Waals surface area contributed by atoms with Crippen LogP contribution in [-0.2, 0) is 0 Å². The van der Waals surface area contributed by atoms with E-state index in [9.17, 15) is 5.11 Å². The number of phenolic OH excluding ortho intramolecular Hbond substituents is 1. The topological polar surface area (TPSA) is 44.7 Å². The van der Waals surface area contributed by atoms with Crippen molar-refractivity contribution < 1.29 is 9.84 Å². The number of ether oxygens (including phenoxy) is 1. The molecule has 1 aromatic rings. The Labute approximate surface area is 122 Å². The minimum absolute atomic E-state index is 0.141. The molecule has 0 aliphatic carbocycles. The van der Waals surface area contributed by atoms with Crippen LogP contribution in [0.25, 0.3) is 6.08 Å². The average molecular weight is 327 g/mol. The Morgan fingerprint density at radius 3 is 2.84 bits per heavy atom. The molecule has 0 atom stereocenters. The van der Waals surface area contributed by atoms with Crippen molar-refractivity contribution in [3.63, 3.8) is 0 Å². The van der Waals surface area contributed by atoms with Crippen LogP contribution in [0.3, 0.4) is 0 Å². The highest BCUT2D eigenvalue weighted by atomic mass is 79.9. The molecule has 1 heterocycles. The molecule has 0 aromatic heterocycles. The van der Waals surface area contributed by atoms with Gasteiger partial charge in [0.25, 0.3) is 0 Å². The summed E-state index contributed by atoms with van der Waals surface area (Å²) < 4.78 is 5.78. The van der Waals surface area contributed by atoms with Gasteiger partial charge in [-0.2, -0.15) is 0 Å². The van der Waals surface area contributed by atoms with Crippen molar-refractivity contribution in [2.45, 2.75) is 0 Å². The highest BCUT2D eigenvalue weighted by molar-refractivity contribution is 9.10. The number of piperazine rings is 1. The fraction of sp³-hybridized carbons (Fsp3) is 0.429. The lowest BCUT2D eigenvalue weighted by molar-refractivity contribution is 0.265. The number of hydrogen-bond donors (Lipinski definition) is 2. The van der Waals surface area contributed by atoms with Crippen LogP contribution in [0.4, 0.5) is 0 Å². The zero-order chi connectivity index (χ0) is 13.7. The summed E-state index contributed by atoms with van der Waals surface area (Å²) in [6.45, 7) is 5.25. The van der Waals surface area contributed by atoms with Crippen molar-refractivity contribution in [2.24, 2.45) is 0 Å². The Morgan fingerprint density at radius 2 is 2.16 bits per heavy atom. The lowest BCUT2D eigenvalue weighted by atomic mass is 10.2. The molecule has 1 fully saturated rings. The fourth-order valence-corrected chi connectivity index (χ4v) is 2.54. The van der Waals surface area contributed by atoms with Gasteiger partial charge in [-0.3, -0.25) is 4.90 Å². The highest BCUT2D eigenvalue weighted by Gasteiger charge is 2.08. The van der Waals surface area contributed by atoms with Crippen LogP contribution >= 0.6 is 15.9 Å². The lowest BCUT2D eigenvalue weighted by Crippen LogP contribution is -2.43. The predicted octanol–water partition coefficient (Wildman–Crippen LogP) is 2.08. The number of rotatable bonds is 4. The second-order valence-electron chi connectivity index (χ2n) is 4.51. The Balaban J connectivity index is 1.99. The van der Waals surface area contributed by atoms with Gasteiger partial charge in [-0.25, -0.2) is 0 Å². The molecule has 1 aromatic carbocycles. The number of methoxy groups -OCH3 is 1. The first-order valence-electron chi connectivity index (χ1n) is 6.37. The summed E-state index contributed by atoms with van der Waals surface area (Å²) in [5, 5.41) is 13.1. The summed E-state index contributed by atoms with van der Waals surface area (Å²) >= 11 is 3.32. The molecule has 1 aliphatic rings. The summed E-state index contributed by atoms with van der Waals surface area (Å²) in [4.78, 5) is 2.40. The molecule has 2 rings (SSSR count). The van der Waals surface area contributed by atoms with Gasteiger partial charge in [-0.05, 0) is 33.6 Å². The Hall–Kier alpha value is -1.04. The molecular weight excluding hydrogens is 308 g/mol. The van der Waals surface area contributed by atoms with Crippen molar-refractivity contribution >= 4 is 22.0 Å². The van der Waals surface area contributed by atoms with Crippen LogP contribution in [0.1, 0.15) is 5.56 Å². The number of aromatic hydroxyl groups is 1. The van der Waals surface area contributed by atoms with Gasteiger partial charge in [0.05, 0.1) is 11.6 Å². The Bertz CT molecular complexity index is 457. The third-order valence-corrected chi connectivity index (χ3v) is 3.76. The van der Waals surface area contributed by atoms with Gasteiger partial charge in [-0.15, -0.1) is 0 Å². The maximum atomic E-state index is 9.74. The van der Waals surface area contributed by atoms with Crippen molar-refractivity contribution in [2.75, 3.05) is 39.8 Å². The van der Waals surface area contributed by atoms with Gasteiger partial charge in [-0.1, -0.05) is 12.2 Å². The van der Waals surface area contributed by atoms with E-state index in [4.69, 9.17) is 4.74 Å². The molecule has 0 bridgehead atoms. The van der Waals surface area contributed by atoms with Gasteiger partial charge >= 0.3 is 0 Å². The zero-order valence-electron chi connectivity index (χ0n) is 11.0. The molecule has 0 radical (unpaired) electrons. The second kappa shape index (κ2) is 6.93. The van der Waals surface area contributed by atoms with E-state index in [0.29, 0.717) is 10.2 Å². The Morgan fingerprint density at radius 1 is 1.42 bits per heavy atom. The average Bonchev–Trinajstić information content (AvgIpc) is 2.43. The predicted molar refractivity (Wildman–Crippen MR) is 80.7 cm³/mol. The lowest BCUT2D eigenvalue weighted by Gasteiger charge is -2.25. The molecule has 1 saturated heterocycles. The minimum Gasteiger partial charge on any atom is -0.503 e. The van der Waals surface area contributed by atoms with Gasteiger partial charge in [0.1, 0.15) is 0 Å². The molecule has 104 valence electrons. The van der Waals surface area contributed by atoms with Gasteiger partial charge < -0.3 is 15.2 Å². The van der Waals surface area contributed by atoms with Crippen LogP contribution in [-0.4, -0.2) is 49.8 Å². The molecule has 0 saturated carbocycles. The number of benzene rings is 1. The number of nitrogens with zero attached hydrogens (tertiary/aromatic N) is 1. The van der Waals surface area contributed by atoms with E-state index < -0.39 is 0 Å². The van der Waals surface area contributed by atoms with Crippen LogP contribution in [0.5, 0.6) is 11.5 Å². The molecule has 5 heteroatoms. The van der Waals surface area contributed by atoms with Gasteiger partial charge in [0, 0.05) is 32.7 Å². The summed E-state index contributed by atoms with van der Waals surface area (Å²) in [5.41, 5.74) is 1.01. The maximum absolute atomic E-state index is 9.74. The van der Waals surface area contributed by atoms with Crippen LogP contribution < -0.4 is 10.1 Å². The number of hydrogen-bond acceptors (Lipinski definition) is 4. The number of halogens is 1. The standard InChI is InChI=1S/C14H19BrN2O2/c1-19-13-10-11(9-12(15)14(13)18)3-2-6-17-7-4-16-5-8-17/h2-3,9-10,16,18H,4-8H2,1H3. The first-order chi connectivity index (χ1) is 9.20. The molecule has 19 heavy (non-hydrogen) atoms. The van der Waals surface area contributed by atoms with E-state index in [0.717, 1.165) is 38.3 Å². The summed E-state index contributed by atoms with van der Waals surface area (Å²) in [5.74, 6) is 0.623. The molecule has 2 N–H and O–H groups in total. The van der Waals surface area contributed by atoms with E-state index >= 15 is 0 Å². The van der Waals surface area contributed by atoms with Crippen molar-refractivity contribution in [1.29, 1.82) is 0 Å². The summed E-state index contributed by atoms with van der Waals surface area (Å²) in [6.07, 6.45) is 4.19. The smallest absolute Gasteiger partial charge is 0.172 e. The van der Waals surface area contributed by atoms with E-state index in [1.165, 1.54) is 0 Å². The van der Waals surface area contributed by atoms with Gasteiger partial charge in [0.2, 0.25) is 0 Å². The van der Waals surface area contributed by atoms with Crippen molar-refractivity contribution in [1.82, 2.24) is 10.2 Å². The van der Waals surface area contributed by atoms with Gasteiger partial charge in [0.15, 0.2) is 11.5 Å². The molecular formula is C14H19BrN2O2. The number of nitrogens with one attached hydrogen (secondary N) is 1. The minimum atomic E-state index is 0.141. The molecule has 0 unspecified atom stereocenters. The Kier molecular flexibility index (Phi) is 5.24. The third kappa shape index (κ3) is 3.96.